The minimum atomic E-state index is 1.00. The minimum Gasteiger partial charge on any atom is -0.313 e. The lowest BCUT2D eigenvalue weighted by Crippen LogP contribution is -2.24. The van der Waals surface area contributed by atoms with Crippen LogP contribution in [-0.2, 0) is 19.5 Å². The summed E-state index contributed by atoms with van der Waals surface area (Å²) in [5, 5.41) is 6.85. The number of benzene rings is 1. The molecule has 0 atom stereocenters. The van der Waals surface area contributed by atoms with E-state index in [2.05, 4.69) is 35.8 Å². The van der Waals surface area contributed by atoms with Crippen LogP contribution in [-0.4, -0.2) is 13.1 Å². The van der Waals surface area contributed by atoms with E-state index in [4.69, 9.17) is 0 Å². The number of rotatable bonds is 4. The Hall–Kier alpha value is -0.860. The molecular weight excluding hydrogens is 184 g/mol. The Labute approximate surface area is 92.1 Å². The second-order valence-corrected chi connectivity index (χ2v) is 4.21. The predicted molar refractivity (Wildman–Crippen MR) is 63.9 cm³/mol. The van der Waals surface area contributed by atoms with Gasteiger partial charge in [-0.2, -0.15) is 0 Å². The first-order valence-corrected chi connectivity index (χ1v) is 5.92. The van der Waals surface area contributed by atoms with Crippen LogP contribution in [0.5, 0.6) is 0 Å². The molecule has 0 saturated heterocycles. The van der Waals surface area contributed by atoms with Crippen molar-refractivity contribution in [2.45, 2.75) is 32.9 Å². The summed E-state index contributed by atoms with van der Waals surface area (Å²) in [5.41, 5.74) is 4.41. The van der Waals surface area contributed by atoms with Gasteiger partial charge in [0.15, 0.2) is 0 Å². The average molecular weight is 204 g/mol. The summed E-state index contributed by atoms with van der Waals surface area (Å²) in [5.74, 6) is 0. The van der Waals surface area contributed by atoms with Gasteiger partial charge in [-0.05, 0) is 42.6 Å². The molecule has 0 unspecified atom stereocenters. The van der Waals surface area contributed by atoms with Crippen LogP contribution < -0.4 is 10.6 Å². The fourth-order valence-electron chi connectivity index (χ4n) is 2.05. The molecule has 0 saturated carbocycles. The van der Waals surface area contributed by atoms with Crippen LogP contribution >= 0.6 is 0 Å². The average Bonchev–Trinajstić information content (AvgIpc) is 2.29. The molecule has 0 amide bonds. The second kappa shape index (κ2) is 5.29. The summed E-state index contributed by atoms with van der Waals surface area (Å²) in [7, 11) is 0. The maximum Gasteiger partial charge on any atom is 0.0208 e. The van der Waals surface area contributed by atoms with Crippen LogP contribution in [0, 0.1) is 0 Å². The topological polar surface area (TPSA) is 24.1 Å². The summed E-state index contributed by atoms with van der Waals surface area (Å²) in [6.45, 7) is 6.47. The maximum absolute atomic E-state index is 3.44. The highest BCUT2D eigenvalue weighted by molar-refractivity contribution is 5.33. The predicted octanol–water partition coefficient (Wildman–Crippen LogP) is 1.83. The van der Waals surface area contributed by atoms with Crippen molar-refractivity contribution in [3.05, 3.63) is 34.9 Å². The van der Waals surface area contributed by atoms with Crippen LogP contribution in [0.25, 0.3) is 0 Å². The van der Waals surface area contributed by atoms with Gasteiger partial charge in [0.2, 0.25) is 0 Å². The molecule has 1 aromatic rings. The zero-order chi connectivity index (χ0) is 10.5. The van der Waals surface area contributed by atoms with Gasteiger partial charge in [-0.25, -0.2) is 0 Å². The van der Waals surface area contributed by atoms with Gasteiger partial charge in [0.05, 0.1) is 0 Å². The molecule has 0 spiro atoms. The molecule has 82 valence electrons. The van der Waals surface area contributed by atoms with Crippen molar-refractivity contribution in [2.75, 3.05) is 13.1 Å². The highest BCUT2D eigenvalue weighted by atomic mass is 14.9. The third-order valence-electron chi connectivity index (χ3n) is 2.91. The van der Waals surface area contributed by atoms with Crippen LogP contribution in [0.3, 0.4) is 0 Å². The molecule has 2 N–H and O–H groups in total. The molecule has 1 heterocycles. The molecule has 2 heteroatoms. The monoisotopic (exact) mass is 204 g/mol. The summed E-state index contributed by atoms with van der Waals surface area (Å²) in [6.07, 6.45) is 2.38. The van der Waals surface area contributed by atoms with Crippen LogP contribution in [0.1, 0.15) is 30.0 Å². The number of nitrogens with one attached hydrogen (secondary N) is 2. The minimum absolute atomic E-state index is 1.00. The second-order valence-electron chi connectivity index (χ2n) is 4.21. The summed E-state index contributed by atoms with van der Waals surface area (Å²) >= 11 is 0. The van der Waals surface area contributed by atoms with E-state index in [1.807, 2.05) is 0 Å². The smallest absolute Gasteiger partial charge is 0.0208 e. The van der Waals surface area contributed by atoms with Crippen LogP contribution in [0.2, 0.25) is 0 Å². The molecule has 0 aromatic heterocycles. The molecule has 1 aliphatic heterocycles. The van der Waals surface area contributed by atoms with Crippen molar-refractivity contribution in [3.63, 3.8) is 0 Å². The Balaban J connectivity index is 2.00. The fourth-order valence-corrected chi connectivity index (χ4v) is 2.05. The van der Waals surface area contributed by atoms with E-state index in [0.29, 0.717) is 0 Å². The molecule has 1 aliphatic rings. The lowest BCUT2D eigenvalue weighted by atomic mass is 9.98. The van der Waals surface area contributed by atoms with Gasteiger partial charge in [0.25, 0.3) is 0 Å². The molecular formula is C13H20N2. The van der Waals surface area contributed by atoms with E-state index in [1.165, 1.54) is 29.5 Å². The Bertz CT molecular complexity index is 320. The molecule has 0 radical (unpaired) electrons. The molecule has 2 rings (SSSR count). The number of fused-ring (bicyclic) bond motifs is 1. The highest BCUT2D eigenvalue weighted by Gasteiger charge is 2.08. The largest absolute Gasteiger partial charge is 0.313 e. The van der Waals surface area contributed by atoms with Crippen molar-refractivity contribution in [3.8, 4) is 0 Å². The van der Waals surface area contributed by atoms with Crippen molar-refractivity contribution in [2.24, 2.45) is 0 Å². The molecule has 2 nitrogen and oxygen atoms in total. The van der Waals surface area contributed by atoms with E-state index in [-0.39, 0.29) is 0 Å². The fraction of sp³-hybridized carbons (Fsp3) is 0.538. The Morgan fingerprint density at radius 1 is 1.33 bits per heavy atom. The maximum atomic E-state index is 3.44. The summed E-state index contributed by atoms with van der Waals surface area (Å²) in [6, 6.07) is 6.89. The van der Waals surface area contributed by atoms with Crippen molar-refractivity contribution in [1.29, 1.82) is 0 Å². The summed E-state index contributed by atoms with van der Waals surface area (Å²) < 4.78 is 0. The Morgan fingerprint density at radius 2 is 2.27 bits per heavy atom. The van der Waals surface area contributed by atoms with Crippen molar-refractivity contribution < 1.29 is 0 Å². The van der Waals surface area contributed by atoms with Gasteiger partial charge in [0.1, 0.15) is 0 Å². The van der Waals surface area contributed by atoms with Gasteiger partial charge in [0, 0.05) is 13.1 Å². The van der Waals surface area contributed by atoms with Crippen LogP contribution in [0.4, 0.5) is 0 Å². The lowest BCUT2D eigenvalue weighted by molar-refractivity contribution is 0.638. The molecule has 0 bridgehead atoms. The first kappa shape index (κ1) is 10.7. The van der Waals surface area contributed by atoms with Gasteiger partial charge in [-0.3, -0.25) is 0 Å². The lowest BCUT2D eigenvalue weighted by Gasteiger charge is -2.18. The first-order valence-electron chi connectivity index (χ1n) is 5.92. The quantitative estimate of drug-likeness (QED) is 0.731. The number of hydrogen-bond acceptors (Lipinski definition) is 2. The van der Waals surface area contributed by atoms with Gasteiger partial charge in [-0.1, -0.05) is 25.1 Å². The van der Waals surface area contributed by atoms with Crippen molar-refractivity contribution in [1.82, 2.24) is 10.6 Å². The zero-order valence-electron chi connectivity index (χ0n) is 9.47. The molecule has 0 fully saturated rings. The zero-order valence-corrected chi connectivity index (χ0v) is 9.47. The standard InChI is InChI=1S/C13H20N2/c1-2-6-14-9-11-3-4-12-5-7-15-10-13(12)8-11/h3-4,8,14-15H,2,5-7,9-10H2,1H3. The third kappa shape index (κ3) is 2.80. The Morgan fingerprint density at radius 3 is 3.13 bits per heavy atom. The van der Waals surface area contributed by atoms with Crippen LogP contribution in [0.15, 0.2) is 18.2 Å². The van der Waals surface area contributed by atoms with E-state index in [0.717, 1.165) is 26.2 Å². The van der Waals surface area contributed by atoms with Gasteiger partial charge >= 0.3 is 0 Å². The van der Waals surface area contributed by atoms with Gasteiger partial charge < -0.3 is 10.6 Å². The van der Waals surface area contributed by atoms with E-state index in [1.54, 1.807) is 0 Å². The highest BCUT2D eigenvalue weighted by Crippen LogP contribution is 2.15. The Kier molecular flexibility index (Phi) is 3.75. The SMILES string of the molecule is CCCNCc1ccc2c(c1)CNCC2. The van der Waals surface area contributed by atoms with Gasteiger partial charge in [-0.15, -0.1) is 0 Å². The van der Waals surface area contributed by atoms with E-state index >= 15 is 0 Å². The number of hydrogen-bond donors (Lipinski definition) is 2. The normalized spacial score (nSPS) is 15.0. The van der Waals surface area contributed by atoms with E-state index < -0.39 is 0 Å². The molecule has 1 aromatic carbocycles. The summed E-state index contributed by atoms with van der Waals surface area (Å²) in [4.78, 5) is 0. The molecule has 0 aliphatic carbocycles. The van der Waals surface area contributed by atoms with Crippen molar-refractivity contribution >= 4 is 0 Å². The first-order chi connectivity index (χ1) is 7.40. The third-order valence-corrected chi connectivity index (χ3v) is 2.91. The molecule has 15 heavy (non-hydrogen) atoms. The van der Waals surface area contributed by atoms with E-state index in [9.17, 15) is 0 Å².